The highest BCUT2D eigenvalue weighted by Crippen LogP contribution is 2.36. The number of hydrogen-bond acceptors (Lipinski definition) is 5. The largest absolute Gasteiger partial charge is 0.493 e. The summed E-state index contributed by atoms with van der Waals surface area (Å²) in [6, 6.07) is 12.6. The summed E-state index contributed by atoms with van der Waals surface area (Å²) in [5.74, 6) is -0.823. The zero-order chi connectivity index (χ0) is 23.0. The number of nitrogens with zero attached hydrogens (tertiary/aromatic N) is 1. The second kappa shape index (κ2) is 8.44. The molecule has 0 aromatic heterocycles. The number of Topliss-reactive ketones (excluding diaryl/α,β-unsaturated/α-hetero) is 1. The topological polar surface area (TPSA) is 76.1 Å². The molecule has 6 nitrogen and oxygen atoms in total. The number of ether oxygens (including phenoxy) is 1. The van der Waals surface area contributed by atoms with Gasteiger partial charge in [-0.25, -0.2) is 0 Å². The van der Waals surface area contributed by atoms with Gasteiger partial charge in [-0.2, -0.15) is 5.06 Å². The van der Waals surface area contributed by atoms with Gasteiger partial charge in [-0.15, -0.1) is 0 Å². The van der Waals surface area contributed by atoms with E-state index in [1.807, 2.05) is 65.8 Å². The summed E-state index contributed by atoms with van der Waals surface area (Å²) in [5.41, 5.74) is 1.89. The van der Waals surface area contributed by atoms with Crippen molar-refractivity contribution in [2.24, 2.45) is 10.8 Å². The van der Waals surface area contributed by atoms with Crippen LogP contribution in [0.15, 0.2) is 42.5 Å². The Balaban J connectivity index is 1.75. The molecule has 0 spiro atoms. The van der Waals surface area contributed by atoms with Crippen molar-refractivity contribution >= 4 is 17.4 Å². The number of amides is 1. The highest BCUT2D eigenvalue weighted by molar-refractivity contribution is 6.51. The number of benzene rings is 2. The zero-order valence-electron chi connectivity index (χ0n) is 19.1. The van der Waals surface area contributed by atoms with Gasteiger partial charge in [0.15, 0.2) is 0 Å². The molecule has 0 bridgehead atoms. The van der Waals surface area contributed by atoms with Gasteiger partial charge in [0.25, 0.3) is 5.78 Å². The van der Waals surface area contributed by atoms with Crippen LogP contribution in [0.2, 0.25) is 0 Å². The Morgan fingerprint density at radius 2 is 1.65 bits per heavy atom. The van der Waals surface area contributed by atoms with E-state index in [0.717, 1.165) is 16.2 Å². The third kappa shape index (κ3) is 4.97. The Morgan fingerprint density at radius 3 is 2.26 bits per heavy atom. The van der Waals surface area contributed by atoms with Crippen LogP contribution in [0.25, 0.3) is 0 Å². The molecule has 166 valence electrons. The number of hydrogen-bond donors (Lipinski definition) is 1. The Labute approximate surface area is 183 Å². The Bertz CT molecular complexity index is 972. The molecule has 3 rings (SSSR count). The predicted molar refractivity (Wildman–Crippen MR) is 119 cm³/mol. The summed E-state index contributed by atoms with van der Waals surface area (Å²) in [4.78, 5) is 30.5. The van der Waals surface area contributed by atoms with Gasteiger partial charge in [0.1, 0.15) is 12.4 Å². The van der Waals surface area contributed by atoms with E-state index in [9.17, 15) is 14.7 Å². The van der Waals surface area contributed by atoms with E-state index in [2.05, 4.69) is 0 Å². The van der Waals surface area contributed by atoms with Gasteiger partial charge in [0.05, 0.1) is 24.0 Å². The number of hydroxylamine groups is 1. The van der Waals surface area contributed by atoms with Crippen molar-refractivity contribution in [1.29, 1.82) is 0 Å². The van der Waals surface area contributed by atoms with Crippen LogP contribution in [0.4, 0.5) is 5.69 Å². The van der Waals surface area contributed by atoms with Gasteiger partial charge in [-0.3, -0.25) is 14.4 Å². The first kappa shape index (κ1) is 23.0. The minimum absolute atomic E-state index is 0.161. The molecule has 1 N–H and O–H groups in total. The van der Waals surface area contributed by atoms with E-state index < -0.39 is 23.2 Å². The second-order valence-corrected chi connectivity index (χ2v) is 9.91. The van der Waals surface area contributed by atoms with Crippen molar-refractivity contribution in [3.8, 4) is 5.75 Å². The number of ketones is 1. The monoisotopic (exact) mass is 425 g/mol. The number of aliphatic hydroxyl groups excluding tert-OH is 1. The number of aryl methyl sites for hydroxylation is 1. The Kier molecular flexibility index (Phi) is 6.25. The minimum Gasteiger partial charge on any atom is -0.493 e. The summed E-state index contributed by atoms with van der Waals surface area (Å²) < 4.78 is 5.94. The maximum Gasteiger partial charge on any atom is 0.323 e. The van der Waals surface area contributed by atoms with Gasteiger partial charge in [0.2, 0.25) is 0 Å². The lowest BCUT2D eigenvalue weighted by atomic mass is 9.73. The number of fused-ring (bicyclic) bond motifs is 1. The molecule has 6 heteroatoms. The van der Waals surface area contributed by atoms with Gasteiger partial charge in [-0.05, 0) is 30.0 Å². The molecule has 0 saturated carbocycles. The fraction of sp³-hybridized carbons (Fsp3) is 0.440. The zero-order valence-corrected chi connectivity index (χ0v) is 19.1. The number of anilines is 1. The van der Waals surface area contributed by atoms with Crippen molar-refractivity contribution in [2.45, 2.75) is 54.3 Å². The molecule has 0 aliphatic carbocycles. The summed E-state index contributed by atoms with van der Waals surface area (Å²) in [7, 11) is 0. The SMILES string of the molecule is Cc1ccc(CON2C(=O)C(=O)c3ccc(OCC(C)(C)C(O)C(C)(C)C)cc32)cc1. The van der Waals surface area contributed by atoms with Gasteiger partial charge in [0, 0.05) is 11.5 Å². The molecule has 1 heterocycles. The van der Waals surface area contributed by atoms with E-state index in [1.54, 1.807) is 18.2 Å². The molecule has 31 heavy (non-hydrogen) atoms. The van der Waals surface area contributed by atoms with Crippen LogP contribution in [-0.2, 0) is 16.2 Å². The van der Waals surface area contributed by atoms with Crippen LogP contribution in [-0.4, -0.2) is 29.5 Å². The van der Waals surface area contributed by atoms with Crippen LogP contribution in [0.3, 0.4) is 0 Å². The summed E-state index contributed by atoms with van der Waals surface area (Å²) in [6.45, 7) is 12.3. The number of rotatable bonds is 7. The Hall–Kier alpha value is -2.70. The molecule has 1 aliphatic heterocycles. The van der Waals surface area contributed by atoms with Crippen molar-refractivity contribution in [3.05, 3.63) is 59.2 Å². The highest BCUT2D eigenvalue weighted by atomic mass is 16.7. The fourth-order valence-corrected chi connectivity index (χ4v) is 3.75. The summed E-state index contributed by atoms with van der Waals surface area (Å²) >= 11 is 0. The molecule has 1 aliphatic rings. The lowest BCUT2D eigenvalue weighted by Crippen LogP contribution is -2.43. The van der Waals surface area contributed by atoms with Crippen LogP contribution in [0.1, 0.15) is 56.1 Å². The third-order valence-electron chi connectivity index (χ3n) is 5.46. The molecule has 2 aromatic rings. The molecule has 0 saturated heterocycles. The van der Waals surface area contributed by atoms with E-state index in [1.165, 1.54) is 0 Å². The maximum absolute atomic E-state index is 12.4. The summed E-state index contributed by atoms with van der Waals surface area (Å²) in [5, 5.41) is 11.7. The first-order chi connectivity index (χ1) is 14.4. The standard InChI is InChI=1S/C25H31NO5/c1-16-7-9-17(10-8-16)14-31-26-20-13-18(11-12-19(20)21(27)22(26)28)30-15-25(5,6)23(29)24(2,3)4/h7-13,23,29H,14-15H2,1-6H3. The Morgan fingerprint density at radius 1 is 1.00 bits per heavy atom. The molecular formula is C25H31NO5. The first-order valence-electron chi connectivity index (χ1n) is 10.4. The lowest BCUT2D eigenvalue weighted by molar-refractivity contribution is -0.121. The van der Waals surface area contributed by atoms with E-state index >= 15 is 0 Å². The van der Waals surface area contributed by atoms with Crippen molar-refractivity contribution < 1.29 is 24.3 Å². The predicted octanol–water partition coefficient (Wildman–Crippen LogP) is 4.47. The molecular weight excluding hydrogens is 394 g/mol. The maximum atomic E-state index is 12.4. The van der Waals surface area contributed by atoms with Gasteiger partial charge < -0.3 is 9.84 Å². The quantitative estimate of drug-likeness (QED) is 0.663. The average Bonchev–Trinajstić information content (AvgIpc) is 2.94. The highest BCUT2D eigenvalue weighted by Gasteiger charge is 2.39. The number of carbonyl (C=O) groups is 2. The lowest BCUT2D eigenvalue weighted by Gasteiger charge is -2.38. The molecule has 2 aromatic carbocycles. The molecule has 0 fully saturated rings. The molecule has 1 atom stereocenters. The first-order valence-corrected chi connectivity index (χ1v) is 10.4. The van der Waals surface area contributed by atoms with E-state index in [4.69, 9.17) is 9.57 Å². The van der Waals surface area contributed by atoms with E-state index in [0.29, 0.717) is 11.4 Å². The van der Waals surface area contributed by atoms with Crippen molar-refractivity contribution in [3.63, 3.8) is 0 Å². The third-order valence-corrected chi connectivity index (χ3v) is 5.46. The van der Waals surface area contributed by atoms with Crippen molar-refractivity contribution in [2.75, 3.05) is 11.7 Å². The second-order valence-electron chi connectivity index (χ2n) is 9.91. The van der Waals surface area contributed by atoms with Crippen LogP contribution < -0.4 is 9.80 Å². The smallest absolute Gasteiger partial charge is 0.323 e. The molecule has 0 radical (unpaired) electrons. The van der Waals surface area contributed by atoms with Gasteiger partial charge >= 0.3 is 5.91 Å². The fourth-order valence-electron chi connectivity index (χ4n) is 3.75. The van der Waals surface area contributed by atoms with Gasteiger partial charge in [-0.1, -0.05) is 64.4 Å². The molecule has 1 unspecified atom stereocenters. The van der Waals surface area contributed by atoms with Crippen LogP contribution in [0.5, 0.6) is 5.75 Å². The van der Waals surface area contributed by atoms with Crippen molar-refractivity contribution in [1.82, 2.24) is 0 Å². The van der Waals surface area contributed by atoms with Crippen LogP contribution >= 0.6 is 0 Å². The van der Waals surface area contributed by atoms with E-state index in [-0.39, 0.29) is 24.2 Å². The number of carbonyl (C=O) groups excluding carboxylic acids is 2. The summed E-state index contributed by atoms with van der Waals surface area (Å²) in [6.07, 6.45) is -0.577. The van der Waals surface area contributed by atoms with Crippen LogP contribution in [0, 0.1) is 17.8 Å². The average molecular weight is 426 g/mol. The normalized spacial score (nSPS) is 15.3. The molecule has 1 amide bonds. The minimum atomic E-state index is -0.720. The number of aliphatic hydroxyl groups is 1.